The summed E-state index contributed by atoms with van der Waals surface area (Å²) < 4.78 is 0. The molecule has 1 rings (SSSR count). The molecule has 0 unspecified atom stereocenters. The van der Waals surface area contributed by atoms with Crippen LogP contribution in [0.5, 0.6) is 0 Å². The van der Waals surface area contributed by atoms with Crippen LogP contribution in [0.3, 0.4) is 0 Å². The molecule has 2 amide bonds. The van der Waals surface area contributed by atoms with E-state index in [0.717, 1.165) is 0 Å². The molecule has 0 saturated carbocycles. The highest BCUT2D eigenvalue weighted by atomic mass is 32.1. The normalized spacial score (nSPS) is 16.6. The summed E-state index contributed by atoms with van der Waals surface area (Å²) >= 11 is 4.60. The van der Waals surface area contributed by atoms with Crippen LogP contribution in [-0.4, -0.2) is 41.3 Å². The predicted octanol–water partition coefficient (Wildman–Crippen LogP) is -1.38. The molecule has 0 spiro atoms. The molecular weight excluding hydrogens is 190 g/mol. The molecule has 72 valence electrons. The van der Waals surface area contributed by atoms with Gasteiger partial charge in [-0.25, -0.2) is 0 Å². The van der Waals surface area contributed by atoms with E-state index in [0.29, 0.717) is 13.1 Å². The summed E-state index contributed by atoms with van der Waals surface area (Å²) in [6.45, 7) is 1.15. The van der Waals surface area contributed by atoms with Crippen molar-refractivity contribution < 1.29 is 9.59 Å². The Bertz CT molecular complexity index is 254. The Morgan fingerprint density at radius 3 is 2.92 bits per heavy atom. The monoisotopic (exact) mass is 201 g/mol. The highest BCUT2D eigenvalue weighted by Crippen LogP contribution is 1.97. The Morgan fingerprint density at radius 1 is 1.69 bits per heavy atom. The molecule has 6 heteroatoms. The molecule has 0 bridgehead atoms. The molecule has 0 radical (unpaired) electrons. The van der Waals surface area contributed by atoms with Gasteiger partial charge in [-0.1, -0.05) is 12.2 Å². The lowest BCUT2D eigenvalue weighted by Crippen LogP contribution is -2.50. The summed E-state index contributed by atoms with van der Waals surface area (Å²) in [4.78, 5) is 23.8. The van der Waals surface area contributed by atoms with Gasteiger partial charge in [0.2, 0.25) is 11.8 Å². The Labute approximate surface area is 81.3 Å². The number of nitrogens with one attached hydrogen (secondary N) is 1. The van der Waals surface area contributed by atoms with Crippen LogP contribution in [0, 0.1) is 0 Å². The second-order valence-corrected chi connectivity index (χ2v) is 3.33. The minimum atomic E-state index is -0.178. The van der Waals surface area contributed by atoms with Gasteiger partial charge in [0.25, 0.3) is 0 Å². The maximum Gasteiger partial charge on any atom is 0.239 e. The van der Waals surface area contributed by atoms with Gasteiger partial charge >= 0.3 is 0 Å². The van der Waals surface area contributed by atoms with Gasteiger partial charge in [0.15, 0.2) is 0 Å². The average molecular weight is 201 g/mol. The Balaban J connectivity index is 2.46. The third-order valence-corrected chi connectivity index (χ3v) is 1.86. The van der Waals surface area contributed by atoms with E-state index >= 15 is 0 Å². The van der Waals surface area contributed by atoms with Gasteiger partial charge in [0.1, 0.15) is 0 Å². The highest BCUT2D eigenvalue weighted by Gasteiger charge is 2.20. The maximum atomic E-state index is 11.3. The quantitative estimate of drug-likeness (QED) is 0.540. The van der Waals surface area contributed by atoms with Crippen LogP contribution in [0.2, 0.25) is 0 Å². The fourth-order valence-corrected chi connectivity index (χ4v) is 1.24. The van der Waals surface area contributed by atoms with E-state index in [2.05, 4.69) is 17.5 Å². The summed E-state index contributed by atoms with van der Waals surface area (Å²) in [5, 5.41) is 2.62. The molecule has 0 aromatic heterocycles. The lowest BCUT2D eigenvalue weighted by Gasteiger charge is -2.26. The van der Waals surface area contributed by atoms with Crippen molar-refractivity contribution in [1.82, 2.24) is 10.2 Å². The van der Waals surface area contributed by atoms with Crippen molar-refractivity contribution >= 4 is 29.0 Å². The van der Waals surface area contributed by atoms with Gasteiger partial charge < -0.3 is 16.0 Å². The first-order chi connectivity index (χ1) is 6.09. The van der Waals surface area contributed by atoms with Crippen LogP contribution >= 0.6 is 12.2 Å². The van der Waals surface area contributed by atoms with E-state index in [1.807, 2.05) is 0 Å². The number of piperazine rings is 1. The fraction of sp³-hybridized carbons (Fsp3) is 0.571. The molecule has 0 atom stereocenters. The first-order valence-corrected chi connectivity index (χ1v) is 4.33. The lowest BCUT2D eigenvalue weighted by atomic mass is 10.3. The van der Waals surface area contributed by atoms with Crippen molar-refractivity contribution in [3.05, 3.63) is 0 Å². The van der Waals surface area contributed by atoms with E-state index in [4.69, 9.17) is 5.73 Å². The van der Waals surface area contributed by atoms with Crippen LogP contribution in [-0.2, 0) is 9.59 Å². The molecular formula is C7H11N3O2S. The number of nitrogens with two attached hydrogens (primary N) is 1. The zero-order chi connectivity index (χ0) is 9.84. The first-order valence-electron chi connectivity index (χ1n) is 3.92. The Morgan fingerprint density at radius 2 is 2.38 bits per heavy atom. The van der Waals surface area contributed by atoms with Crippen molar-refractivity contribution in [3.63, 3.8) is 0 Å². The first kappa shape index (κ1) is 9.91. The van der Waals surface area contributed by atoms with Crippen LogP contribution in [0.4, 0.5) is 0 Å². The van der Waals surface area contributed by atoms with Crippen molar-refractivity contribution in [2.24, 2.45) is 5.73 Å². The molecule has 13 heavy (non-hydrogen) atoms. The van der Waals surface area contributed by atoms with Gasteiger partial charge in [-0.3, -0.25) is 9.59 Å². The van der Waals surface area contributed by atoms with Crippen LogP contribution < -0.4 is 11.1 Å². The number of rotatable bonds is 2. The van der Waals surface area contributed by atoms with E-state index in [1.165, 1.54) is 4.90 Å². The molecule has 0 aliphatic carbocycles. The topological polar surface area (TPSA) is 75.4 Å². The Hall–Kier alpha value is -1.17. The van der Waals surface area contributed by atoms with Gasteiger partial charge in [0, 0.05) is 13.1 Å². The van der Waals surface area contributed by atoms with Crippen LogP contribution in [0.15, 0.2) is 0 Å². The molecule has 0 aromatic rings. The fourth-order valence-electron chi connectivity index (χ4n) is 1.11. The van der Waals surface area contributed by atoms with E-state index in [9.17, 15) is 9.59 Å². The number of hydrogen-bond acceptors (Lipinski definition) is 3. The zero-order valence-electron chi connectivity index (χ0n) is 7.08. The van der Waals surface area contributed by atoms with Crippen molar-refractivity contribution in [3.8, 4) is 0 Å². The minimum absolute atomic E-state index is 0.0443. The van der Waals surface area contributed by atoms with Crippen LogP contribution in [0.25, 0.3) is 0 Å². The summed E-state index contributed by atoms with van der Waals surface area (Å²) in [6, 6.07) is 0. The lowest BCUT2D eigenvalue weighted by molar-refractivity contribution is -0.137. The van der Waals surface area contributed by atoms with Crippen molar-refractivity contribution in [2.45, 2.75) is 6.42 Å². The summed E-state index contributed by atoms with van der Waals surface area (Å²) in [5.41, 5.74) is 5.22. The number of nitrogens with zero attached hydrogens (tertiary/aromatic N) is 1. The number of carbonyl (C=O) groups is 2. The summed E-state index contributed by atoms with van der Waals surface area (Å²) in [7, 11) is 0. The van der Waals surface area contributed by atoms with Gasteiger partial charge in [-0.15, -0.1) is 0 Å². The molecule has 1 aliphatic heterocycles. The predicted molar refractivity (Wildman–Crippen MR) is 51.0 cm³/mol. The van der Waals surface area contributed by atoms with Crippen LogP contribution in [0.1, 0.15) is 6.42 Å². The molecule has 3 N–H and O–H groups in total. The van der Waals surface area contributed by atoms with E-state index in [-0.39, 0.29) is 29.8 Å². The summed E-state index contributed by atoms with van der Waals surface area (Å²) in [6.07, 6.45) is 0.0443. The third-order valence-electron chi connectivity index (χ3n) is 1.72. The van der Waals surface area contributed by atoms with E-state index < -0.39 is 0 Å². The number of carbonyl (C=O) groups excluding carboxylic acids is 2. The molecule has 1 aliphatic rings. The van der Waals surface area contributed by atoms with Crippen molar-refractivity contribution in [2.75, 3.05) is 19.6 Å². The smallest absolute Gasteiger partial charge is 0.239 e. The SMILES string of the molecule is NC(=S)CC(=O)N1CCNC(=O)C1. The Kier molecular flexibility index (Phi) is 3.18. The standard InChI is InChI=1S/C7H11N3O2S/c8-5(13)3-7(12)10-2-1-9-6(11)4-10/h1-4H2,(H2,8,13)(H,9,11). The minimum Gasteiger partial charge on any atom is -0.393 e. The molecule has 1 saturated heterocycles. The van der Waals surface area contributed by atoms with Gasteiger partial charge in [0.05, 0.1) is 18.0 Å². The number of hydrogen-bond donors (Lipinski definition) is 2. The number of thiocarbonyl (C=S) groups is 1. The van der Waals surface area contributed by atoms with Gasteiger partial charge in [-0.2, -0.15) is 0 Å². The van der Waals surface area contributed by atoms with E-state index in [1.54, 1.807) is 0 Å². The highest BCUT2D eigenvalue weighted by molar-refractivity contribution is 7.80. The average Bonchev–Trinajstić information content (AvgIpc) is 2.03. The maximum absolute atomic E-state index is 11.3. The molecule has 1 fully saturated rings. The third kappa shape index (κ3) is 2.98. The van der Waals surface area contributed by atoms with Gasteiger partial charge in [-0.05, 0) is 0 Å². The molecule has 1 heterocycles. The second-order valence-electron chi connectivity index (χ2n) is 2.81. The van der Waals surface area contributed by atoms with Crippen molar-refractivity contribution in [1.29, 1.82) is 0 Å². The largest absolute Gasteiger partial charge is 0.393 e. The molecule has 0 aromatic carbocycles. The zero-order valence-corrected chi connectivity index (χ0v) is 7.89. The molecule has 5 nitrogen and oxygen atoms in total. The second kappa shape index (κ2) is 4.18. The number of amides is 2. The summed E-state index contributed by atoms with van der Waals surface area (Å²) in [5.74, 6) is -0.315.